The van der Waals surface area contributed by atoms with E-state index in [9.17, 15) is 17.6 Å². The zero-order valence-electron chi connectivity index (χ0n) is 10.4. The number of hydrogen-bond donors (Lipinski definition) is 1. The number of benzene rings is 2. The molecule has 0 unspecified atom stereocenters. The molecular formula is C14H7F4N3. The molecular weight excluding hydrogens is 286 g/mol. The number of anilines is 1. The van der Waals surface area contributed by atoms with Gasteiger partial charge in [-0.3, -0.25) is 0 Å². The number of halogens is 4. The highest BCUT2D eigenvalue weighted by Crippen LogP contribution is 2.27. The van der Waals surface area contributed by atoms with Crippen LogP contribution in [-0.2, 0) is 0 Å². The van der Waals surface area contributed by atoms with Crippen molar-refractivity contribution in [3.63, 3.8) is 0 Å². The number of nitrogens with two attached hydrogens (primary N) is 1. The van der Waals surface area contributed by atoms with Crippen LogP contribution >= 0.6 is 0 Å². The van der Waals surface area contributed by atoms with Crippen molar-refractivity contribution in [2.45, 2.75) is 0 Å². The van der Waals surface area contributed by atoms with Crippen molar-refractivity contribution in [1.82, 2.24) is 9.97 Å². The average molecular weight is 293 g/mol. The normalized spacial score (nSPS) is 11.0. The molecule has 0 aliphatic carbocycles. The number of fused-ring (bicyclic) bond motifs is 1. The summed E-state index contributed by atoms with van der Waals surface area (Å²) < 4.78 is 53.2. The minimum absolute atomic E-state index is 0.0147. The van der Waals surface area contributed by atoms with Crippen molar-refractivity contribution >= 4 is 16.7 Å². The third-order valence-corrected chi connectivity index (χ3v) is 2.96. The highest BCUT2D eigenvalue weighted by atomic mass is 19.2. The van der Waals surface area contributed by atoms with Crippen molar-refractivity contribution in [3.8, 4) is 11.4 Å². The lowest BCUT2D eigenvalue weighted by Gasteiger charge is -2.07. The van der Waals surface area contributed by atoms with Gasteiger partial charge in [0.1, 0.15) is 11.6 Å². The van der Waals surface area contributed by atoms with E-state index in [4.69, 9.17) is 5.73 Å². The van der Waals surface area contributed by atoms with Gasteiger partial charge in [0.25, 0.3) is 0 Å². The van der Waals surface area contributed by atoms with E-state index in [0.717, 1.165) is 18.2 Å². The quantitative estimate of drug-likeness (QED) is 0.552. The summed E-state index contributed by atoms with van der Waals surface area (Å²) in [7, 11) is 0. The largest absolute Gasteiger partial charge is 0.383 e. The van der Waals surface area contributed by atoms with Crippen LogP contribution in [0, 0.1) is 23.3 Å². The Morgan fingerprint density at radius 3 is 2.38 bits per heavy atom. The highest BCUT2D eigenvalue weighted by Gasteiger charge is 2.18. The first kappa shape index (κ1) is 13.3. The number of nitrogen functional groups attached to an aromatic ring is 1. The van der Waals surface area contributed by atoms with E-state index in [-0.39, 0.29) is 22.7 Å². The standard InChI is InChI=1S/C14H7F4N3/c15-6-1-2-7-10(5-6)20-14(21-13(7)19)8-3-4-9(16)12(18)11(8)17/h1-5H,(H2,19,20,21). The fraction of sp³-hybridized carbons (Fsp3) is 0. The van der Waals surface area contributed by atoms with E-state index in [2.05, 4.69) is 9.97 Å². The third kappa shape index (κ3) is 2.16. The van der Waals surface area contributed by atoms with Crippen molar-refractivity contribution in [1.29, 1.82) is 0 Å². The first-order valence-corrected chi connectivity index (χ1v) is 5.84. The SMILES string of the molecule is Nc1nc(-c2ccc(F)c(F)c2F)nc2cc(F)ccc12. The Morgan fingerprint density at radius 2 is 1.62 bits per heavy atom. The Labute approximate surface area is 116 Å². The minimum Gasteiger partial charge on any atom is -0.383 e. The van der Waals surface area contributed by atoms with Crippen LogP contribution in [0.4, 0.5) is 23.4 Å². The van der Waals surface area contributed by atoms with Crippen LogP contribution in [0.5, 0.6) is 0 Å². The van der Waals surface area contributed by atoms with Gasteiger partial charge in [-0.2, -0.15) is 0 Å². The molecule has 1 heterocycles. The van der Waals surface area contributed by atoms with Crippen molar-refractivity contribution < 1.29 is 17.6 Å². The van der Waals surface area contributed by atoms with Gasteiger partial charge in [0, 0.05) is 11.5 Å². The van der Waals surface area contributed by atoms with Crippen LogP contribution in [0.25, 0.3) is 22.3 Å². The van der Waals surface area contributed by atoms with Gasteiger partial charge < -0.3 is 5.73 Å². The van der Waals surface area contributed by atoms with E-state index in [1.165, 1.54) is 12.1 Å². The molecule has 0 atom stereocenters. The molecule has 3 aromatic rings. The van der Waals surface area contributed by atoms with E-state index in [0.29, 0.717) is 5.39 Å². The molecule has 0 saturated heterocycles. The zero-order valence-corrected chi connectivity index (χ0v) is 10.4. The van der Waals surface area contributed by atoms with Crippen LogP contribution in [0.1, 0.15) is 0 Å². The highest BCUT2D eigenvalue weighted by molar-refractivity contribution is 5.89. The summed E-state index contributed by atoms with van der Waals surface area (Å²) in [5.41, 5.74) is 5.48. The monoisotopic (exact) mass is 293 g/mol. The molecule has 0 aliphatic heterocycles. The van der Waals surface area contributed by atoms with E-state index in [1.807, 2.05) is 0 Å². The lowest BCUT2D eigenvalue weighted by atomic mass is 10.1. The molecule has 21 heavy (non-hydrogen) atoms. The summed E-state index contributed by atoms with van der Waals surface area (Å²) >= 11 is 0. The maximum Gasteiger partial charge on any atom is 0.195 e. The molecule has 0 bridgehead atoms. The fourth-order valence-electron chi connectivity index (χ4n) is 1.95. The Morgan fingerprint density at radius 1 is 0.857 bits per heavy atom. The van der Waals surface area contributed by atoms with Gasteiger partial charge in [-0.25, -0.2) is 27.5 Å². The smallest absolute Gasteiger partial charge is 0.195 e. The van der Waals surface area contributed by atoms with E-state index < -0.39 is 23.3 Å². The maximum absolute atomic E-state index is 13.7. The van der Waals surface area contributed by atoms with Crippen LogP contribution in [-0.4, -0.2) is 9.97 Å². The second-order valence-electron chi connectivity index (χ2n) is 4.32. The lowest BCUT2D eigenvalue weighted by molar-refractivity contribution is 0.448. The number of hydrogen-bond acceptors (Lipinski definition) is 3. The minimum atomic E-state index is -1.63. The Hall–Kier alpha value is -2.70. The Bertz CT molecular complexity index is 864. The van der Waals surface area contributed by atoms with Crippen LogP contribution in [0.3, 0.4) is 0 Å². The van der Waals surface area contributed by atoms with E-state index >= 15 is 0 Å². The molecule has 2 aromatic carbocycles. The Balaban J connectivity index is 2.28. The second-order valence-corrected chi connectivity index (χ2v) is 4.32. The maximum atomic E-state index is 13.7. The lowest BCUT2D eigenvalue weighted by Crippen LogP contribution is -2.01. The predicted molar refractivity (Wildman–Crippen MR) is 69.2 cm³/mol. The van der Waals surface area contributed by atoms with Gasteiger partial charge in [0.15, 0.2) is 23.3 Å². The topological polar surface area (TPSA) is 51.8 Å². The van der Waals surface area contributed by atoms with Gasteiger partial charge in [-0.1, -0.05) is 0 Å². The van der Waals surface area contributed by atoms with Crippen molar-refractivity contribution in [3.05, 3.63) is 53.6 Å². The Kier molecular flexibility index (Phi) is 2.97. The molecule has 3 nitrogen and oxygen atoms in total. The van der Waals surface area contributed by atoms with Crippen molar-refractivity contribution in [2.75, 3.05) is 5.73 Å². The van der Waals surface area contributed by atoms with Gasteiger partial charge >= 0.3 is 0 Å². The second kappa shape index (κ2) is 4.69. The molecule has 3 rings (SSSR count). The summed E-state index contributed by atoms with van der Waals surface area (Å²) in [5, 5.41) is 0.378. The van der Waals surface area contributed by atoms with Gasteiger partial charge in [0.2, 0.25) is 0 Å². The molecule has 1 aromatic heterocycles. The summed E-state index contributed by atoms with van der Waals surface area (Å²) in [5.74, 6) is -5.20. The molecule has 2 N–H and O–H groups in total. The summed E-state index contributed by atoms with van der Waals surface area (Å²) in [6.45, 7) is 0. The molecule has 0 fully saturated rings. The molecule has 0 aliphatic rings. The molecule has 0 amide bonds. The molecule has 0 radical (unpaired) electrons. The zero-order chi connectivity index (χ0) is 15.1. The van der Waals surface area contributed by atoms with Gasteiger partial charge in [0.05, 0.1) is 11.1 Å². The van der Waals surface area contributed by atoms with Crippen LogP contribution < -0.4 is 5.73 Å². The summed E-state index contributed by atoms with van der Waals surface area (Å²) in [6, 6.07) is 5.40. The molecule has 0 spiro atoms. The van der Waals surface area contributed by atoms with E-state index in [1.54, 1.807) is 0 Å². The molecule has 106 valence electrons. The summed E-state index contributed by atoms with van der Waals surface area (Å²) in [6.07, 6.45) is 0. The fourth-order valence-corrected chi connectivity index (χ4v) is 1.95. The van der Waals surface area contributed by atoms with Crippen molar-refractivity contribution in [2.24, 2.45) is 0 Å². The third-order valence-electron chi connectivity index (χ3n) is 2.96. The number of rotatable bonds is 1. The molecule has 7 heteroatoms. The number of aromatic nitrogens is 2. The summed E-state index contributed by atoms with van der Waals surface area (Å²) in [4.78, 5) is 7.79. The average Bonchev–Trinajstić information content (AvgIpc) is 2.44. The first-order valence-electron chi connectivity index (χ1n) is 5.84. The van der Waals surface area contributed by atoms with Gasteiger partial charge in [-0.15, -0.1) is 0 Å². The number of nitrogens with zero attached hydrogens (tertiary/aromatic N) is 2. The van der Waals surface area contributed by atoms with Crippen LogP contribution in [0.15, 0.2) is 30.3 Å². The predicted octanol–water partition coefficient (Wildman–Crippen LogP) is 3.44. The molecule has 0 saturated carbocycles. The van der Waals surface area contributed by atoms with Crippen LogP contribution in [0.2, 0.25) is 0 Å². The first-order chi connectivity index (χ1) is 9.97. The van der Waals surface area contributed by atoms with Gasteiger partial charge in [-0.05, 0) is 24.3 Å².